The minimum atomic E-state index is -4.90. The summed E-state index contributed by atoms with van der Waals surface area (Å²) in [4.78, 5) is 48.9. The normalized spacial score (nSPS) is 17.9. The van der Waals surface area contributed by atoms with Crippen molar-refractivity contribution in [2.24, 2.45) is 0 Å². The molecule has 2 aromatic carbocycles. The Bertz CT molecular complexity index is 1150. The van der Waals surface area contributed by atoms with E-state index in [0.717, 1.165) is 18.2 Å². The highest BCUT2D eigenvalue weighted by atomic mass is 19.4. The van der Waals surface area contributed by atoms with Gasteiger partial charge in [-0.15, -0.1) is 13.2 Å². The Labute approximate surface area is 189 Å². The van der Waals surface area contributed by atoms with Crippen molar-refractivity contribution >= 4 is 29.2 Å². The number of carbonyl (C=O) groups excluding carboxylic acids is 3. The molecule has 0 aliphatic carbocycles. The summed E-state index contributed by atoms with van der Waals surface area (Å²) < 4.78 is 45.7. The van der Waals surface area contributed by atoms with Gasteiger partial charge < -0.3 is 20.1 Å². The van der Waals surface area contributed by atoms with Gasteiger partial charge in [-0.05, 0) is 36.8 Å². The summed E-state index contributed by atoms with van der Waals surface area (Å²) in [6, 6.07) is 7.06. The zero-order valence-electron chi connectivity index (χ0n) is 17.6. The van der Waals surface area contributed by atoms with E-state index >= 15 is 0 Å². The predicted molar refractivity (Wildman–Crippen MR) is 109 cm³/mol. The van der Waals surface area contributed by atoms with Crippen LogP contribution in [0.15, 0.2) is 42.5 Å². The number of anilines is 1. The molecule has 4 amide bonds. The number of methoxy groups -OCH3 is 1. The number of amides is 4. The summed E-state index contributed by atoms with van der Waals surface area (Å²) in [7, 11) is 1.31. The summed E-state index contributed by atoms with van der Waals surface area (Å²) >= 11 is 0. The monoisotopic (exact) mass is 482 g/mol. The average molecular weight is 482 g/mol. The van der Waals surface area contributed by atoms with Crippen LogP contribution in [-0.4, -0.2) is 47.7 Å². The van der Waals surface area contributed by atoms with Crippen LogP contribution in [0.1, 0.15) is 12.5 Å². The number of nitro groups is 1. The summed E-state index contributed by atoms with van der Waals surface area (Å²) in [5.41, 5.74) is -2.16. The van der Waals surface area contributed by atoms with Crippen LogP contribution in [0.3, 0.4) is 0 Å². The highest BCUT2D eigenvalue weighted by Gasteiger charge is 2.49. The topological polar surface area (TPSA) is 140 Å². The summed E-state index contributed by atoms with van der Waals surface area (Å²) in [5.74, 6) is -2.08. The van der Waals surface area contributed by atoms with Crippen molar-refractivity contribution in [3.63, 3.8) is 0 Å². The number of halogens is 3. The van der Waals surface area contributed by atoms with E-state index in [2.05, 4.69) is 15.4 Å². The molecular weight excluding hydrogens is 465 g/mol. The number of alkyl halides is 3. The average Bonchev–Trinajstić information content (AvgIpc) is 2.97. The van der Waals surface area contributed by atoms with Gasteiger partial charge in [0.2, 0.25) is 5.91 Å². The van der Waals surface area contributed by atoms with Gasteiger partial charge in [-0.1, -0.05) is 12.1 Å². The predicted octanol–water partition coefficient (Wildman–Crippen LogP) is 2.91. The number of nitro benzene ring substituents is 1. The minimum absolute atomic E-state index is 0.147. The molecular formula is C20H17F3N4O7. The second-order valence-corrected chi connectivity index (χ2v) is 7.21. The first-order chi connectivity index (χ1) is 15.8. The van der Waals surface area contributed by atoms with Crippen molar-refractivity contribution in [1.82, 2.24) is 10.2 Å². The first kappa shape index (κ1) is 24.3. The fraction of sp³-hybridized carbons (Fsp3) is 0.250. The van der Waals surface area contributed by atoms with Gasteiger partial charge in [-0.2, -0.15) is 0 Å². The van der Waals surface area contributed by atoms with E-state index in [-0.39, 0.29) is 17.0 Å². The van der Waals surface area contributed by atoms with Gasteiger partial charge in [0.05, 0.1) is 18.1 Å². The van der Waals surface area contributed by atoms with E-state index in [4.69, 9.17) is 4.74 Å². The molecule has 0 radical (unpaired) electrons. The molecule has 3 rings (SSSR count). The summed E-state index contributed by atoms with van der Waals surface area (Å²) in [6.45, 7) is 0.553. The second kappa shape index (κ2) is 8.88. The molecule has 2 N–H and O–H groups in total. The van der Waals surface area contributed by atoms with Crippen LogP contribution < -0.4 is 20.1 Å². The smallest absolute Gasteiger partial charge is 0.496 e. The summed E-state index contributed by atoms with van der Waals surface area (Å²) in [5, 5.41) is 15.9. The number of nitrogens with one attached hydrogen (secondary N) is 2. The molecule has 0 bridgehead atoms. The highest BCUT2D eigenvalue weighted by molar-refractivity contribution is 6.10. The van der Waals surface area contributed by atoms with Crippen LogP contribution >= 0.6 is 0 Å². The molecule has 1 fully saturated rings. The molecule has 34 heavy (non-hydrogen) atoms. The number of benzene rings is 2. The zero-order chi connectivity index (χ0) is 25.3. The molecule has 1 atom stereocenters. The molecule has 180 valence electrons. The Hall–Kier alpha value is -4.36. The largest absolute Gasteiger partial charge is 0.573 e. The number of carbonyl (C=O) groups is 3. The van der Waals surface area contributed by atoms with E-state index in [1.54, 1.807) is 0 Å². The van der Waals surface area contributed by atoms with Gasteiger partial charge in [-0.3, -0.25) is 24.6 Å². The zero-order valence-corrected chi connectivity index (χ0v) is 17.6. The van der Waals surface area contributed by atoms with E-state index in [9.17, 15) is 37.7 Å². The van der Waals surface area contributed by atoms with Gasteiger partial charge in [0.25, 0.3) is 11.6 Å². The van der Waals surface area contributed by atoms with Crippen molar-refractivity contribution in [2.75, 3.05) is 19.0 Å². The molecule has 1 heterocycles. The van der Waals surface area contributed by atoms with Crippen LogP contribution in [0, 0.1) is 10.1 Å². The molecule has 0 aromatic heterocycles. The SMILES string of the molecule is COc1ccc(NC(=O)CN2C(=O)NC(C)(c3ccc(OC(F)(F)F)cc3)C2=O)c([N+](=O)[O-])c1. The van der Waals surface area contributed by atoms with Crippen LogP contribution in [0.2, 0.25) is 0 Å². The van der Waals surface area contributed by atoms with E-state index in [1.807, 2.05) is 0 Å². The number of imide groups is 1. The van der Waals surface area contributed by atoms with Crippen LogP contribution in [-0.2, 0) is 15.1 Å². The highest BCUT2D eigenvalue weighted by Crippen LogP contribution is 2.32. The fourth-order valence-corrected chi connectivity index (χ4v) is 3.25. The van der Waals surface area contributed by atoms with Gasteiger partial charge in [0.15, 0.2) is 0 Å². The first-order valence-electron chi connectivity index (χ1n) is 9.47. The van der Waals surface area contributed by atoms with Gasteiger partial charge >= 0.3 is 12.4 Å². The lowest BCUT2D eigenvalue weighted by Crippen LogP contribution is -2.42. The molecule has 1 unspecified atom stereocenters. The molecule has 11 nitrogen and oxygen atoms in total. The Balaban J connectivity index is 1.75. The maximum absolute atomic E-state index is 12.9. The molecule has 1 aliphatic heterocycles. The lowest BCUT2D eigenvalue weighted by molar-refractivity contribution is -0.384. The summed E-state index contributed by atoms with van der Waals surface area (Å²) in [6.07, 6.45) is -4.90. The molecule has 1 aliphatic rings. The van der Waals surface area contributed by atoms with Crippen molar-refractivity contribution < 1.29 is 42.0 Å². The quantitative estimate of drug-likeness (QED) is 0.351. The molecule has 0 spiro atoms. The van der Waals surface area contributed by atoms with Gasteiger partial charge in [-0.25, -0.2) is 4.79 Å². The number of urea groups is 1. The third-order valence-electron chi connectivity index (χ3n) is 4.92. The third kappa shape index (κ3) is 5.00. The Morgan fingerprint density at radius 1 is 1.18 bits per heavy atom. The molecule has 14 heteroatoms. The molecule has 0 saturated carbocycles. The number of hydrogen-bond donors (Lipinski definition) is 2. The maximum Gasteiger partial charge on any atom is 0.573 e. The lowest BCUT2D eigenvalue weighted by atomic mass is 9.92. The number of nitrogens with zero attached hydrogens (tertiary/aromatic N) is 2. The number of ether oxygens (including phenoxy) is 2. The van der Waals surface area contributed by atoms with E-state index < -0.39 is 52.7 Å². The van der Waals surface area contributed by atoms with Crippen molar-refractivity contribution in [3.8, 4) is 11.5 Å². The van der Waals surface area contributed by atoms with Crippen LogP contribution in [0.25, 0.3) is 0 Å². The molecule has 2 aromatic rings. The number of hydrogen-bond acceptors (Lipinski definition) is 7. The standard InChI is InChI=1S/C20H17F3N4O7/c1-19(11-3-5-12(6-4-11)34-20(21,22)23)17(29)26(18(30)25-19)10-16(28)24-14-8-7-13(33-2)9-15(14)27(31)32/h3-9H,10H2,1-2H3,(H,24,28)(H,25,30). The molecule has 1 saturated heterocycles. The van der Waals surface area contributed by atoms with Gasteiger partial charge in [0, 0.05) is 0 Å². The van der Waals surface area contributed by atoms with Gasteiger partial charge in [0.1, 0.15) is 29.3 Å². The van der Waals surface area contributed by atoms with Crippen molar-refractivity contribution in [1.29, 1.82) is 0 Å². The lowest BCUT2D eigenvalue weighted by Gasteiger charge is -2.22. The Morgan fingerprint density at radius 2 is 1.79 bits per heavy atom. The van der Waals surface area contributed by atoms with Crippen LogP contribution in [0.5, 0.6) is 11.5 Å². The van der Waals surface area contributed by atoms with E-state index in [1.165, 1.54) is 38.3 Å². The minimum Gasteiger partial charge on any atom is -0.496 e. The third-order valence-corrected chi connectivity index (χ3v) is 4.92. The first-order valence-corrected chi connectivity index (χ1v) is 9.47. The Kier molecular flexibility index (Phi) is 6.34. The number of rotatable bonds is 7. The second-order valence-electron chi connectivity index (χ2n) is 7.21. The van der Waals surface area contributed by atoms with E-state index in [0.29, 0.717) is 4.90 Å². The maximum atomic E-state index is 12.9. The fourth-order valence-electron chi connectivity index (χ4n) is 3.25. The Morgan fingerprint density at radius 3 is 2.35 bits per heavy atom. The van der Waals surface area contributed by atoms with Crippen molar-refractivity contribution in [3.05, 3.63) is 58.1 Å². The van der Waals surface area contributed by atoms with Crippen LogP contribution in [0.4, 0.5) is 29.3 Å². The van der Waals surface area contributed by atoms with Crippen molar-refractivity contribution in [2.45, 2.75) is 18.8 Å².